The molecule has 3 rings (SSSR count). The van der Waals surface area contributed by atoms with Crippen LogP contribution in [0.1, 0.15) is 29.6 Å². The van der Waals surface area contributed by atoms with E-state index in [0.29, 0.717) is 0 Å². The largest absolute Gasteiger partial charge is 0.464 e. The highest BCUT2D eigenvalue weighted by Crippen LogP contribution is 2.26. The minimum Gasteiger partial charge on any atom is -0.464 e. The Balaban J connectivity index is 1.94. The highest BCUT2D eigenvalue weighted by Gasteiger charge is 2.21. The molecule has 1 aromatic heterocycles. The number of nitrogens with zero attached hydrogens (tertiary/aromatic N) is 1. The van der Waals surface area contributed by atoms with Gasteiger partial charge in [0.25, 0.3) is 5.91 Å². The van der Waals surface area contributed by atoms with Crippen LogP contribution in [0.5, 0.6) is 0 Å². The van der Waals surface area contributed by atoms with Crippen molar-refractivity contribution in [1.29, 1.82) is 0 Å². The summed E-state index contributed by atoms with van der Waals surface area (Å²) in [6.07, 6.45) is 5.07. The molecule has 19 heavy (non-hydrogen) atoms. The quantitative estimate of drug-likeness (QED) is 0.822. The Morgan fingerprint density at radius 1 is 1.00 bits per heavy atom. The summed E-state index contributed by atoms with van der Waals surface area (Å²) in [6.45, 7) is 1.73. The summed E-state index contributed by atoms with van der Waals surface area (Å²) < 4.78 is 5.43. The van der Waals surface area contributed by atoms with Gasteiger partial charge in [0.2, 0.25) is 0 Å². The fourth-order valence-corrected chi connectivity index (χ4v) is 2.58. The molecule has 0 atom stereocenters. The van der Waals surface area contributed by atoms with E-state index in [1.165, 1.54) is 6.42 Å². The van der Waals surface area contributed by atoms with Crippen molar-refractivity contribution in [1.82, 2.24) is 4.90 Å². The van der Waals surface area contributed by atoms with Gasteiger partial charge in [0.1, 0.15) is 5.76 Å². The highest BCUT2D eigenvalue weighted by molar-refractivity contribution is 6.00. The first-order chi connectivity index (χ1) is 9.36. The Labute approximate surface area is 112 Å². The predicted octanol–water partition coefficient (Wildman–Crippen LogP) is 3.57. The summed E-state index contributed by atoms with van der Waals surface area (Å²) in [7, 11) is 0. The molecule has 0 bridgehead atoms. The number of carbonyl (C=O) groups excluding carboxylic acids is 1. The monoisotopic (exact) mass is 255 g/mol. The van der Waals surface area contributed by atoms with Crippen LogP contribution < -0.4 is 0 Å². The Bertz CT molecular complexity index is 554. The Morgan fingerprint density at radius 3 is 2.53 bits per heavy atom. The minimum atomic E-state index is 0.117. The van der Waals surface area contributed by atoms with Gasteiger partial charge in [0, 0.05) is 18.7 Å². The van der Waals surface area contributed by atoms with Gasteiger partial charge in [0.05, 0.1) is 11.8 Å². The van der Waals surface area contributed by atoms with Gasteiger partial charge in [-0.1, -0.05) is 18.2 Å². The molecule has 0 spiro atoms. The predicted molar refractivity (Wildman–Crippen MR) is 73.9 cm³/mol. The molecule has 1 aliphatic rings. The van der Waals surface area contributed by atoms with E-state index in [1.807, 2.05) is 41.3 Å². The topological polar surface area (TPSA) is 33.5 Å². The summed E-state index contributed by atoms with van der Waals surface area (Å²) in [5, 5.41) is 0. The summed E-state index contributed by atoms with van der Waals surface area (Å²) in [5.74, 6) is 0.868. The zero-order valence-electron chi connectivity index (χ0n) is 10.8. The molecule has 3 heteroatoms. The van der Waals surface area contributed by atoms with Crippen LogP contribution in [0.4, 0.5) is 0 Å². The molecule has 1 aliphatic heterocycles. The second kappa shape index (κ2) is 5.31. The number of furan rings is 1. The standard InChI is InChI=1S/C16H17NO2/c18-16(17-10-4-1-5-11-17)14-8-3-2-7-13(14)15-9-6-12-19-15/h2-3,6-9,12H,1,4-5,10-11H2. The van der Waals surface area contributed by atoms with Crippen molar-refractivity contribution in [2.45, 2.75) is 19.3 Å². The number of hydrogen-bond donors (Lipinski definition) is 0. The molecule has 3 nitrogen and oxygen atoms in total. The number of piperidine rings is 1. The fourth-order valence-electron chi connectivity index (χ4n) is 2.58. The molecule has 0 radical (unpaired) electrons. The van der Waals surface area contributed by atoms with Gasteiger partial charge in [-0.3, -0.25) is 4.79 Å². The Morgan fingerprint density at radius 2 is 1.79 bits per heavy atom. The Kier molecular flexibility index (Phi) is 3.36. The molecule has 0 saturated carbocycles. The van der Waals surface area contributed by atoms with Gasteiger partial charge in [-0.15, -0.1) is 0 Å². The number of rotatable bonds is 2. The molecule has 2 heterocycles. The lowest BCUT2D eigenvalue weighted by molar-refractivity contribution is 0.0725. The van der Waals surface area contributed by atoms with E-state index in [9.17, 15) is 4.79 Å². The van der Waals surface area contributed by atoms with Crippen molar-refractivity contribution in [3.8, 4) is 11.3 Å². The van der Waals surface area contributed by atoms with E-state index in [-0.39, 0.29) is 5.91 Å². The van der Waals surface area contributed by atoms with Crippen molar-refractivity contribution < 1.29 is 9.21 Å². The van der Waals surface area contributed by atoms with Gasteiger partial charge in [0.15, 0.2) is 0 Å². The number of benzene rings is 1. The van der Waals surface area contributed by atoms with E-state index < -0.39 is 0 Å². The number of amides is 1. The van der Waals surface area contributed by atoms with E-state index in [0.717, 1.165) is 42.8 Å². The van der Waals surface area contributed by atoms with Crippen molar-refractivity contribution in [3.05, 3.63) is 48.2 Å². The molecule has 1 amide bonds. The normalized spacial score (nSPS) is 15.5. The van der Waals surface area contributed by atoms with E-state index in [1.54, 1.807) is 6.26 Å². The third-order valence-corrected chi connectivity index (χ3v) is 3.59. The lowest BCUT2D eigenvalue weighted by Crippen LogP contribution is -2.35. The third-order valence-electron chi connectivity index (χ3n) is 3.59. The van der Waals surface area contributed by atoms with Crippen LogP contribution in [0, 0.1) is 0 Å². The maximum Gasteiger partial charge on any atom is 0.254 e. The van der Waals surface area contributed by atoms with Crippen LogP contribution in [0.3, 0.4) is 0 Å². The number of carbonyl (C=O) groups is 1. The first-order valence-corrected chi connectivity index (χ1v) is 6.78. The van der Waals surface area contributed by atoms with E-state index >= 15 is 0 Å². The number of hydrogen-bond acceptors (Lipinski definition) is 2. The molecule has 2 aromatic rings. The maximum atomic E-state index is 12.6. The van der Waals surface area contributed by atoms with Crippen LogP contribution in [-0.2, 0) is 0 Å². The Hall–Kier alpha value is -2.03. The van der Waals surface area contributed by atoms with Crippen molar-refractivity contribution in [2.24, 2.45) is 0 Å². The second-order valence-corrected chi connectivity index (χ2v) is 4.88. The lowest BCUT2D eigenvalue weighted by Gasteiger charge is -2.27. The van der Waals surface area contributed by atoms with Crippen LogP contribution in [0.2, 0.25) is 0 Å². The summed E-state index contributed by atoms with van der Waals surface area (Å²) in [4.78, 5) is 14.5. The fraction of sp³-hybridized carbons (Fsp3) is 0.312. The second-order valence-electron chi connectivity index (χ2n) is 4.88. The van der Waals surface area contributed by atoms with Gasteiger partial charge < -0.3 is 9.32 Å². The van der Waals surface area contributed by atoms with Gasteiger partial charge in [-0.2, -0.15) is 0 Å². The van der Waals surface area contributed by atoms with Crippen LogP contribution >= 0.6 is 0 Å². The molecule has 0 aliphatic carbocycles. The summed E-state index contributed by atoms with van der Waals surface area (Å²) >= 11 is 0. The van der Waals surface area contributed by atoms with Gasteiger partial charge in [-0.25, -0.2) is 0 Å². The molecule has 1 saturated heterocycles. The highest BCUT2D eigenvalue weighted by atomic mass is 16.3. The molecule has 98 valence electrons. The molecule has 1 aromatic carbocycles. The van der Waals surface area contributed by atoms with Crippen LogP contribution in [0.15, 0.2) is 47.1 Å². The first-order valence-electron chi connectivity index (χ1n) is 6.78. The zero-order chi connectivity index (χ0) is 13.1. The smallest absolute Gasteiger partial charge is 0.254 e. The third kappa shape index (κ3) is 2.41. The summed E-state index contributed by atoms with van der Waals surface area (Å²) in [6, 6.07) is 11.4. The van der Waals surface area contributed by atoms with E-state index in [2.05, 4.69) is 0 Å². The molecular weight excluding hydrogens is 238 g/mol. The number of likely N-dealkylation sites (tertiary alicyclic amines) is 1. The van der Waals surface area contributed by atoms with Crippen molar-refractivity contribution >= 4 is 5.91 Å². The average molecular weight is 255 g/mol. The zero-order valence-corrected chi connectivity index (χ0v) is 10.8. The van der Waals surface area contributed by atoms with Crippen molar-refractivity contribution in [3.63, 3.8) is 0 Å². The average Bonchev–Trinajstić information content (AvgIpc) is 3.01. The van der Waals surface area contributed by atoms with Crippen LogP contribution in [0.25, 0.3) is 11.3 Å². The van der Waals surface area contributed by atoms with Gasteiger partial charge >= 0.3 is 0 Å². The molecular formula is C16H17NO2. The van der Waals surface area contributed by atoms with Crippen molar-refractivity contribution in [2.75, 3.05) is 13.1 Å². The minimum absolute atomic E-state index is 0.117. The van der Waals surface area contributed by atoms with Crippen LogP contribution in [-0.4, -0.2) is 23.9 Å². The van der Waals surface area contributed by atoms with Gasteiger partial charge in [-0.05, 0) is 37.5 Å². The molecule has 0 unspecified atom stereocenters. The summed E-state index contributed by atoms with van der Waals surface area (Å²) in [5.41, 5.74) is 1.61. The SMILES string of the molecule is O=C(c1ccccc1-c1ccco1)N1CCCCC1. The van der Waals surface area contributed by atoms with E-state index in [4.69, 9.17) is 4.42 Å². The maximum absolute atomic E-state index is 12.6. The molecule has 0 N–H and O–H groups in total. The lowest BCUT2D eigenvalue weighted by atomic mass is 10.0. The first kappa shape index (κ1) is 12.0. The molecule has 1 fully saturated rings.